The van der Waals surface area contributed by atoms with Gasteiger partial charge in [-0.1, -0.05) is 0 Å². The first-order chi connectivity index (χ1) is 7.13. The molecule has 0 aromatic heterocycles. The Labute approximate surface area is 90.0 Å². The van der Waals surface area contributed by atoms with Crippen LogP contribution in [0.2, 0.25) is 0 Å². The first-order valence-electron chi connectivity index (χ1n) is 5.33. The van der Waals surface area contributed by atoms with E-state index in [4.69, 9.17) is 10.8 Å². The molecule has 4 N–H and O–H groups in total. The van der Waals surface area contributed by atoms with Crippen LogP contribution >= 0.6 is 0 Å². The van der Waals surface area contributed by atoms with E-state index in [9.17, 15) is 9.59 Å². The fraction of sp³-hybridized carbons (Fsp3) is 0.800. The van der Waals surface area contributed by atoms with Gasteiger partial charge in [-0.3, -0.25) is 9.59 Å². The Bertz CT molecular complexity index is 175. The van der Waals surface area contributed by atoms with Crippen molar-refractivity contribution in [2.75, 3.05) is 13.1 Å². The Kier molecular flexibility index (Phi) is 8.76. The minimum absolute atomic E-state index is 0.239. The number of rotatable bonds is 10. The van der Waals surface area contributed by atoms with Crippen LogP contribution in [0.15, 0.2) is 0 Å². The highest BCUT2D eigenvalue weighted by Crippen LogP contribution is 1.95. The maximum Gasteiger partial charge on any atom is 0.303 e. The van der Waals surface area contributed by atoms with E-state index in [0.717, 1.165) is 32.4 Å². The van der Waals surface area contributed by atoms with Gasteiger partial charge in [0.2, 0.25) is 5.91 Å². The van der Waals surface area contributed by atoms with Crippen molar-refractivity contribution in [1.82, 2.24) is 5.32 Å². The van der Waals surface area contributed by atoms with Gasteiger partial charge in [0.1, 0.15) is 0 Å². The lowest BCUT2D eigenvalue weighted by Gasteiger charge is -2.02. The lowest BCUT2D eigenvalue weighted by Crippen LogP contribution is -2.18. The molecule has 0 heterocycles. The molecule has 15 heavy (non-hydrogen) atoms. The second-order valence-electron chi connectivity index (χ2n) is 3.52. The predicted octanol–water partition coefficient (Wildman–Crippen LogP) is 0.486. The van der Waals surface area contributed by atoms with Crippen molar-refractivity contribution in [3.63, 3.8) is 0 Å². The Hall–Kier alpha value is -1.10. The smallest absolute Gasteiger partial charge is 0.303 e. The normalized spacial score (nSPS) is 10.1. The van der Waals surface area contributed by atoms with Gasteiger partial charge < -0.3 is 16.2 Å². The van der Waals surface area contributed by atoms with Crippen LogP contribution in [0.3, 0.4) is 0 Å². The minimum Gasteiger partial charge on any atom is -0.481 e. The SMILES string of the molecule is NC(=O)CCCCNCCCCC(=O)O. The topological polar surface area (TPSA) is 92.4 Å². The largest absolute Gasteiger partial charge is 0.481 e. The summed E-state index contributed by atoms with van der Waals surface area (Å²) >= 11 is 0. The van der Waals surface area contributed by atoms with Crippen molar-refractivity contribution in [3.05, 3.63) is 0 Å². The third-order valence-corrected chi connectivity index (χ3v) is 2.02. The number of carbonyl (C=O) groups excluding carboxylic acids is 1. The zero-order valence-corrected chi connectivity index (χ0v) is 9.00. The van der Waals surface area contributed by atoms with Gasteiger partial charge in [-0.15, -0.1) is 0 Å². The highest BCUT2D eigenvalue weighted by atomic mass is 16.4. The van der Waals surface area contributed by atoms with Crippen molar-refractivity contribution in [2.24, 2.45) is 5.73 Å². The van der Waals surface area contributed by atoms with Gasteiger partial charge in [0.05, 0.1) is 0 Å². The van der Waals surface area contributed by atoms with Crippen LogP contribution in [0.5, 0.6) is 0 Å². The Balaban J connectivity index is 2.99. The fourth-order valence-electron chi connectivity index (χ4n) is 1.20. The molecule has 0 saturated carbocycles. The first kappa shape index (κ1) is 13.9. The monoisotopic (exact) mass is 216 g/mol. The highest BCUT2D eigenvalue weighted by Gasteiger charge is 1.96. The quantitative estimate of drug-likeness (QED) is 0.463. The van der Waals surface area contributed by atoms with Crippen molar-refractivity contribution >= 4 is 11.9 Å². The van der Waals surface area contributed by atoms with Crippen LogP contribution in [0.25, 0.3) is 0 Å². The molecule has 0 bridgehead atoms. The van der Waals surface area contributed by atoms with Gasteiger partial charge in [-0.2, -0.15) is 0 Å². The van der Waals surface area contributed by atoms with Crippen LogP contribution in [0.4, 0.5) is 0 Å². The number of hydrogen-bond acceptors (Lipinski definition) is 3. The standard InChI is InChI=1S/C10H20N2O3/c11-9(13)5-1-3-7-12-8-4-2-6-10(14)15/h12H,1-8H2,(H2,11,13)(H,14,15). The van der Waals surface area contributed by atoms with Gasteiger partial charge in [0.15, 0.2) is 0 Å². The summed E-state index contributed by atoms with van der Waals surface area (Å²) in [5.41, 5.74) is 4.99. The van der Waals surface area contributed by atoms with E-state index in [0.29, 0.717) is 12.8 Å². The number of carboxylic acids is 1. The van der Waals surface area contributed by atoms with Gasteiger partial charge in [0, 0.05) is 12.8 Å². The van der Waals surface area contributed by atoms with E-state index >= 15 is 0 Å². The van der Waals surface area contributed by atoms with E-state index in [1.807, 2.05) is 0 Å². The zero-order valence-electron chi connectivity index (χ0n) is 9.00. The van der Waals surface area contributed by atoms with Crippen molar-refractivity contribution in [3.8, 4) is 0 Å². The molecule has 0 aliphatic carbocycles. The predicted molar refractivity (Wildman–Crippen MR) is 57.4 cm³/mol. The Morgan fingerprint density at radius 1 is 1.00 bits per heavy atom. The lowest BCUT2D eigenvalue weighted by atomic mass is 10.2. The number of aliphatic carboxylic acids is 1. The average molecular weight is 216 g/mol. The number of primary amides is 1. The molecule has 5 heteroatoms. The van der Waals surface area contributed by atoms with Gasteiger partial charge >= 0.3 is 5.97 Å². The van der Waals surface area contributed by atoms with E-state index in [1.165, 1.54) is 0 Å². The summed E-state index contributed by atoms with van der Waals surface area (Å²) < 4.78 is 0. The average Bonchev–Trinajstić information content (AvgIpc) is 2.14. The maximum atomic E-state index is 10.4. The zero-order chi connectivity index (χ0) is 11.5. The maximum absolute atomic E-state index is 10.4. The molecule has 0 rings (SSSR count). The molecule has 0 unspecified atom stereocenters. The molecular formula is C10H20N2O3. The second kappa shape index (κ2) is 9.45. The summed E-state index contributed by atoms with van der Waals surface area (Å²) in [6, 6.07) is 0. The number of amides is 1. The molecule has 1 amide bonds. The molecule has 88 valence electrons. The lowest BCUT2D eigenvalue weighted by molar-refractivity contribution is -0.137. The molecule has 0 aliphatic heterocycles. The fourth-order valence-corrected chi connectivity index (χ4v) is 1.20. The molecule has 0 aromatic rings. The van der Waals surface area contributed by atoms with Crippen LogP contribution in [0, 0.1) is 0 Å². The Morgan fingerprint density at radius 3 is 2.00 bits per heavy atom. The number of hydrogen-bond donors (Lipinski definition) is 3. The number of carbonyl (C=O) groups is 2. The number of nitrogens with one attached hydrogen (secondary N) is 1. The first-order valence-corrected chi connectivity index (χ1v) is 5.33. The summed E-state index contributed by atoms with van der Waals surface area (Å²) in [5.74, 6) is -0.993. The number of nitrogens with two attached hydrogens (primary N) is 1. The van der Waals surface area contributed by atoms with E-state index in [1.54, 1.807) is 0 Å². The molecule has 0 aliphatic rings. The van der Waals surface area contributed by atoms with Crippen LogP contribution in [-0.4, -0.2) is 30.1 Å². The second-order valence-corrected chi connectivity index (χ2v) is 3.52. The van der Waals surface area contributed by atoms with Crippen LogP contribution < -0.4 is 11.1 Å². The summed E-state index contributed by atoms with van der Waals surface area (Å²) in [6.07, 6.45) is 4.02. The molecule has 0 radical (unpaired) electrons. The van der Waals surface area contributed by atoms with E-state index in [2.05, 4.69) is 5.32 Å². The van der Waals surface area contributed by atoms with E-state index in [-0.39, 0.29) is 12.3 Å². The van der Waals surface area contributed by atoms with Gasteiger partial charge in [0.25, 0.3) is 0 Å². The summed E-state index contributed by atoms with van der Waals surface area (Å²) in [4.78, 5) is 20.6. The van der Waals surface area contributed by atoms with Crippen LogP contribution in [-0.2, 0) is 9.59 Å². The Morgan fingerprint density at radius 2 is 1.53 bits per heavy atom. The van der Waals surface area contributed by atoms with Gasteiger partial charge in [-0.25, -0.2) is 0 Å². The van der Waals surface area contributed by atoms with Crippen molar-refractivity contribution in [2.45, 2.75) is 38.5 Å². The third kappa shape index (κ3) is 12.9. The molecule has 0 spiro atoms. The molecule has 0 aromatic carbocycles. The molecule has 5 nitrogen and oxygen atoms in total. The van der Waals surface area contributed by atoms with Crippen molar-refractivity contribution in [1.29, 1.82) is 0 Å². The molecule has 0 atom stereocenters. The summed E-state index contributed by atoms with van der Waals surface area (Å²) in [6.45, 7) is 1.70. The number of unbranched alkanes of at least 4 members (excludes halogenated alkanes) is 2. The van der Waals surface area contributed by atoms with Crippen molar-refractivity contribution < 1.29 is 14.7 Å². The highest BCUT2D eigenvalue weighted by molar-refractivity contribution is 5.73. The van der Waals surface area contributed by atoms with E-state index < -0.39 is 5.97 Å². The minimum atomic E-state index is -0.739. The molecule has 0 fully saturated rings. The van der Waals surface area contributed by atoms with Gasteiger partial charge in [-0.05, 0) is 38.8 Å². The third-order valence-electron chi connectivity index (χ3n) is 2.02. The van der Waals surface area contributed by atoms with Crippen LogP contribution in [0.1, 0.15) is 38.5 Å². The number of carboxylic acid groups (broad SMARTS) is 1. The molecule has 0 saturated heterocycles. The summed E-state index contributed by atoms with van der Waals surface area (Å²) in [5, 5.41) is 11.6. The molecular weight excluding hydrogens is 196 g/mol. The summed E-state index contributed by atoms with van der Waals surface area (Å²) in [7, 11) is 0.